The first-order chi connectivity index (χ1) is 16.9. The Balaban J connectivity index is 1.80. The van der Waals surface area contributed by atoms with Crippen LogP contribution in [0.15, 0.2) is 18.2 Å². The Morgan fingerprint density at radius 1 is 1.19 bits per heavy atom. The van der Waals surface area contributed by atoms with Crippen molar-refractivity contribution >= 4 is 23.9 Å². The monoisotopic (exact) mass is 505 g/mol. The molecule has 0 aromatic heterocycles. The molecule has 2 atom stereocenters. The summed E-state index contributed by atoms with van der Waals surface area (Å²) in [6.07, 6.45) is 2.77. The molecule has 202 valence electrons. The zero-order chi connectivity index (χ0) is 26.9. The van der Waals surface area contributed by atoms with Gasteiger partial charge in [0, 0.05) is 30.5 Å². The second-order valence-electron chi connectivity index (χ2n) is 11.3. The highest BCUT2D eigenvalue weighted by molar-refractivity contribution is 5.88. The van der Waals surface area contributed by atoms with Gasteiger partial charge in [-0.25, -0.2) is 0 Å². The maximum absolute atomic E-state index is 13.1. The largest absolute Gasteiger partial charge is 0.494 e. The van der Waals surface area contributed by atoms with Gasteiger partial charge < -0.3 is 29.7 Å². The molecule has 2 N–H and O–H groups in total. The Labute approximate surface area is 215 Å². The number of carbonyl (C=O) groups is 3. The Morgan fingerprint density at radius 2 is 1.92 bits per heavy atom. The number of ether oxygens (including phenoxy) is 3. The Morgan fingerprint density at radius 3 is 2.50 bits per heavy atom. The lowest BCUT2D eigenvalue weighted by atomic mass is 9.85. The van der Waals surface area contributed by atoms with Gasteiger partial charge in [0.2, 0.25) is 18.2 Å². The van der Waals surface area contributed by atoms with Crippen LogP contribution >= 0.6 is 0 Å². The average molecular weight is 506 g/mol. The maximum atomic E-state index is 13.1. The summed E-state index contributed by atoms with van der Waals surface area (Å²) in [5, 5.41) is 5.53. The second kappa shape index (κ2) is 12.9. The molecule has 3 amide bonds. The standard InChI is InChI=1S/C27H43N3O6/c1-19-9-8-13-30(19)25(33)24(26(2,3)4)29-23(32)12-14-35-16-27(5,6)17-36-20-10-11-21(28-18-31)22(15-20)34-7/h10-11,15,18-19,24H,8-9,12-14,16-17H2,1-7H3,(H,28,31)(H,29,32). The number of carbonyl (C=O) groups excluding carboxylic acids is 3. The quantitative estimate of drug-likeness (QED) is 0.313. The van der Waals surface area contributed by atoms with Crippen LogP contribution in [0.25, 0.3) is 0 Å². The van der Waals surface area contributed by atoms with E-state index in [1.54, 1.807) is 18.2 Å². The van der Waals surface area contributed by atoms with Gasteiger partial charge in [0.25, 0.3) is 0 Å². The first-order valence-corrected chi connectivity index (χ1v) is 12.6. The van der Waals surface area contributed by atoms with Gasteiger partial charge in [-0.2, -0.15) is 0 Å². The molecule has 1 aliphatic rings. The van der Waals surface area contributed by atoms with E-state index in [1.807, 2.05) is 39.5 Å². The van der Waals surface area contributed by atoms with Gasteiger partial charge in [0.1, 0.15) is 17.5 Å². The molecular weight excluding hydrogens is 462 g/mol. The lowest BCUT2D eigenvalue weighted by Crippen LogP contribution is -2.55. The molecule has 1 aromatic rings. The summed E-state index contributed by atoms with van der Waals surface area (Å²) in [5.74, 6) is 0.916. The van der Waals surface area contributed by atoms with Crippen molar-refractivity contribution in [2.45, 2.75) is 72.9 Å². The summed E-state index contributed by atoms with van der Waals surface area (Å²) in [4.78, 5) is 38.3. The molecule has 1 aromatic carbocycles. The lowest BCUT2D eigenvalue weighted by Gasteiger charge is -2.35. The van der Waals surface area contributed by atoms with Crippen LogP contribution in [0, 0.1) is 10.8 Å². The Bertz CT molecular complexity index is 896. The van der Waals surface area contributed by atoms with Gasteiger partial charge in [-0.05, 0) is 37.3 Å². The molecule has 1 heterocycles. The van der Waals surface area contributed by atoms with Crippen LogP contribution in [0.5, 0.6) is 11.5 Å². The van der Waals surface area contributed by atoms with Crippen LogP contribution in [0.3, 0.4) is 0 Å². The van der Waals surface area contributed by atoms with Crippen LogP contribution in [0.2, 0.25) is 0 Å². The van der Waals surface area contributed by atoms with E-state index in [0.717, 1.165) is 19.4 Å². The number of nitrogens with zero attached hydrogens (tertiary/aromatic N) is 1. The van der Waals surface area contributed by atoms with E-state index in [9.17, 15) is 14.4 Å². The molecule has 9 nitrogen and oxygen atoms in total. The summed E-state index contributed by atoms with van der Waals surface area (Å²) in [5.41, 5.74) is -0.135. The molecule has 1 fully saturated rings. The molecule has 36 heavy (non-hydrogen) atoms. The third kappa shape index (κ3) is 8.69. The number of anilines is 1. The topological polar surface area (TPSA) is 106 Å². The second-order valence-corrected chi connectivity index (χ2v) is 11.3. The van der Waals surface area contributed by atoms with Crippen molar-refractivity contribution in [1.29, 1.82) is 0 Å². The van der Waals surface area contributed by atoms with Gasteiger partial charge in [0.15, 0.2) is 0 Å². The SMILES string of the molecule is COc1cc(OCC(C)(C)COCCC(=O)NC(C(=O)N2CCCC2C)C(C)(C)C)ccc1NC=O. The van der Waals surface area contributed by atoms with Crippen molar-refractivity contribution in [2.75, 3.05) is 38.8 Å². The highest BCUT2D eigenvalue weighted by atomic mass is 16.5. The van der Waals surface area contributed by atoms with Crippen LogP contribution in [-0.4, -0.2) is 68.7 Å². The Hall–Kier alpha value is -2.81. The van der Waals surface area contributed by atoms with Gasteiger partial charge in [-0.1, -0.05) is 34.6 Å². The first kappa shape index (κ1) is 29.4. The average Bonchev–Trinajstić information content (AvgIpc) is 3.24. The number of amides is 3. The predicted molar refractivity (Wildman–Crippen MR) is 139 cm³/mol. The highest BCUT2D eigenvalue weighted by Gasteiger charge is 2.38. The van der Waals surface area contributed by atoms with Crippen LogP contribution in [-0.2, 0) is 19.1 Å². The van der Waals surface area contributed by atoms with Gasteiger partial charge in [-0.15, -0.1) is 0 Å². The molecule has 9 heteroatoms. The van der Waals surface area contributed by atoms with E-state index in [4.69, 9.17) is 14.2 Å². The molecule has 2 unspecified atom stereocenters. The fourth-order valence-corrected chi connectivity index (χ4v) is 4.09. The summed E-state index contributed by atoms with van der Waals surface area (Å²) in [6, 6.07) is 4.82. The van der Waals surface area contributed by atoms with E-state index in [0.29, 0.717) is 36.8 Å². The van der Waals surface area contributed by atoms with E-state index >= 15 is 0 Å². The molecule has 1 aliphatic heterocycles. The lowest BCUT2D eigenvalue weighted by molar-refractivity contribution is -0.140. The van der Waals surface area contributed by atoms with Gasteiger partial charge in [0.05, 0.1) is 32.6 Å². The molecule has 0 spiro atoms. The minimum atomic E-state index is -0.569. The molecule has 0 bridgehead atoms. The number of rotatable bonds is 13. The fraction of sp³-hybridized carbons (Fsp3) is 0.667. The van der Waals surface area contributed by atoms with Crippen molar-refractivity contribution in [3.63, 3.8) is 0 Å². The van der Waals surface area contributed by atoms with E-state index < -0.39 is 6.04 Å². The molecule has 2 rings (SSSR count). The van der Waals surface area contributed by atoms with Crippen LogP contribution < -0.4 is 20.1 Å². The number of nitrogens with one attached hydrogen (secondary N) is 2. The third-order valence-corrected chi connectivity index (χ3v) is 6.24. The summed E-state index contributed by atoms with van der Waals surface area (Å²) >= 11 is 0. The first-order valence-electron chi connectivity index (χ1n) is 12.6. The Kier molecular flexibility index (Phi) is 10.6. The fourth-order valence-electron chi connectivity index (χ4n) is 4.09. The number of hydrogen-bond donors (Lipinski definition) is 2. The summed E-state index contributed by atoms with van der Waals surface area (Å²) < 4.78 is 17.0. The van der Waals surface area contributed by atoms with Crippen LogP contribution in [0.1, 0.15) is 60.8 Å². The minimum absolute atomic E-state index is 0.00773. The van der Waals surface area contributed by atoms with Crippen LogP contribution in [0.4, 0.5) is 5.69 Å². The van der Waals surface area contributed by atoms with E-state index in [1.165, 1.54) is 7.11 Å². The summed E-state index contributed by atoms with van der Waals surface area (Å²) in [7, 11) is 1.52. The number of benzene rings is 1. The van der Waals surface area contributed by atoms with Crippen molar-refractivity contribution in [2.24, 2.45) is 10.8 Å². The number of likely N-dealkylation sites (tertiary alicyclic amines) is 1. The van der Waals surface area contributed by atoms with Crippen molar-refractivity contribution in [3.8, 4) is 11.5 Å². The molecule has 0 saturated carbocycles. The predicted octanol–water partition coefficient (Wildman–Crippen LogP) is 3.62. The number of hydrogen-bond acceptors (Lipinski definition) is 6. The zero-order valence-electron chi connectivity index (χ0n) is 22.8. The minimum Gasteiger partial charge on any atom is -0.494 e. The third-order valence-electron chi connectivity index (χ3n) is 6.24. The van der Waals surface area contributed by atoms with Gasteiger partial charge in [-0.3, -0.25) is 14.4 Å². The summed E-state index contributed by atoms with van der Waals surface area (Å²) in [6.45, 7) is 13.8. The van der Waals surface area contributed by atoms with Crippen molar-refractivity contribution in [1.82, 2.24) is 10.2 Å². The maximum Gasteiger partial charge on any atom is 0.245 e. The van der Waals surface area contributed by atoms with Gasteiger partial charge >= 0.3 is 0 Å². The molecule has 0 radical (unpaired) electrons. The molecule has 0 aliphatic carbocycles. The zero-order valence-corrected chi connectivity index (χ0v) is 22.8. The van der Waals surface area contributed by atoms with E-state index in [2.05, 4.69) is 17.6 Å². The van der Waals surface area contributed by atoms with E-state index in [-0.39, 0.29) is 41.7 Å². The van der Waals surface area contributed by atoms with Crippen molar-refractivity contribution in [3.05, 3.63) is 18.2 Å². The van der Waals surface area contributed by atoms with Crippen molar-refractivity contribution < 1.29 is 28.6 Å². The smallest absolute Gasteiger partial charge is 0.245 e. The molecular formula is C27H43N3O6. The normalized spacial score (nSPS) is 16.9. The molecule has 1 saturated heterocycles. The number of methoxy groups -OCH3 is 1. The highest BCUT2D eigenvalue weighted by Crippen LogP contribution is 2.30.